The van der Waals surface area contributed by atoms with Crippen LogP contribution >= 0.6 is 0 Å². The van der Waals surface area contributed by atoms with Crippen LogP contribution in [-0.2, 0) is 9.47 Å². The lowest BCUT2D eigenvalue weighted by molar-refractivity contribution is 0.0386. The van der Waals surface area contributed by atoms with Crippen molar-refractivity contribution >= 4 is 0 Å². The second-order valence-corrected chi connectivity index (χ2v) is 8.63. The molecule has 3 N–H and O–H groups in total. The zero-order valence-electron chi connectivity index (χ0n) is 19.5. The quantitative estimate of drug-likeness (QED) is 0.594. The Morgan fingerprint density at radius 1 is 0.828 bits per heavy atom. The fourth-order valence-corrected chi connectivity index (χ4v) is 4.18. The van der Waals surface area contributed by atoms with Gasteiger partial charge in [0.05, 0.1) is 19.3 Å². The van der Waals surface area contributed by atoms with Gasteiger partial charge in [-0.1, -0.05) is 19.8 Å². The maximum atomic E-state index is 9.17. The molecule has 0 amide bonds. The van der Waals surface area contributed by atoms with E-state index < -0.39 is 0 Å². The maximum absolute atomic E-state index is 9.17. The number of rotatable bonds is 7. The predicted octanol–water partition coefficient (Wildman–Crippen LogP) is 2.51. The Kier molecular flexibility index (Phi) is 17.1. The summed E-state index contributed by atoms with van der Waals surface area (Å²) in [6.45, 7) is 11.6. The Hall–Kier alpha value is -0.240. The van der Waals surface area contributed by atoms with Crippen LogP contribution in [0.2, 0.25) is 0 Å². The largest absolute Gasteiger partial charge is 0.393 e. The van der Waals surface area contributed by atoms with E-state index in [0.29, 0.717) is 0 Å². The number of likely N-dealkylation sites (N-methyl/N-ethyl adjacent to an activating group) is 1. The second-order valence-electron chi connectivity index (χ2n) is 8.63. The molecular weight excluding hydrogens is 366 g/mol. The van der Waals surface area contributed by atoms with E-state index in [1.54, 1.807) is 0 Å². The molecule has 3 aliphatic rings. The third-order valence-electron chi connectivity index (χ3n) is 6.13. The van der Waals surface area contributed by atoms with Gasteiger partial charge in [0.15, 0.2) is 0 Å². The molecule has 2 saturated heterocycles. The van der Waals surface area contributed by atoms with E-state index in [1.807, 2.05) is 14.1 Å². The molecule has 0 aromatic heterocycles. The Labute approximate surface area is 180 Å². The van der Waals surface area contributed by atoms with Crippen LogP contribution in [-0.4, -0.2) is 89.4 Å². The first-order chi connectivity index (χ1) is 14.2. The number of nitrogens with zero attached hydrogens (tertiary/aromatic N) is 1. The fraction of sp³-hybridized carbons (Fsp3) is 1.00. The molecule has 0 spiro atoms. The van der Waals surface area contributed by atoms with Gasteiger partial charge >= 0.3 is 0 Å². The summed E-state index contributed by atoms with van der Waals surface area (Å²) in [4.78, 5) is 2.42. The van der Waals surface area contributed by atoms with Crippen LogP contribution in [0.1, 0.15) is 58.3 Å². The lowest BCUT2D eigenvalue weighted by Gasteiger charge is -2.26. The van der Waals surface area contributed by atoms with Crippen LogP contribution in [0.25, 0.3) is 0 Å². The number of aliphatic hydroxyl groups excluding tert-OH is 1. The number of hydrogen-bond donors (Lipinski definition) is 3. The van der Waals surface area contributed by atoms with Crippen LogP contribution in [0.5, 0.6) is 0 Å². The molecule has 29 heavy (non-hydrogen) atoms. The number of nitrogens with one attached hydrogen (secondary N) is 2. The number of morpholine rings is 1. The fourth-order valence-electron chi connectivity index (χ4n) is 4.18. The third-order valence-corrected chi connectivity index (χ3v) is 6.13. The average Bonchev–Trinajstić information content (AvgIpc) is 2.77. The summed E-state index contributed by atoms with van der Waals surface area (Å²) in [5.41, 5.74) is 0. The smallest absolute Gasteiger partial charge is 0.0594 e. The third kappa shape index (κ3) is 14.4. The van der Waals surface area contributed by atoms with E-state index in [9.17, 15) is 5.11 Å². The minimum Gasteiger partial charge on any atom is -0.393 e. The summed E-state index contributed by atoms with van der Waals surface area (Å²) >= 11 is 0. The molecule has 6 heteroatoms. The van der Waals surface area contributed by atoms with Gasteiger partial charge in [0.2, 0.25) is 0 Å². The molecule has 2 aliphatic heterocycles. The summed E-state index contributed by atoms with van der Waals surface area (Å²) in [6.07, 6.45) is 9.74. The first-order valence-corrected chi connectivity index (χ1v) is 12.0. The molecule has 0 aromatic carbocycles. The van der Waals surface area contributed by atoms with E-state index in [2.05, 4.69) is 22.5 Å². The van der Waals surface area contributed by atoms with Crippen molar-refractivity contribution in [2.24, 2.45) is 11.8 Å². The van der Waals surface area contributed by atoms with Gasteiger partial charge in [-0.05, 0) is 71.0 Å². The normalized spacial score (nSPS) is 26.1. The molecule has 0 atom stereocenters. The molecule has 0 aromatic rings. The van der Waals surface area contributed by atoms with Crippen molar-refractivity contribution in [3.05, 3.63) is 0 Å². The molecule has 0 bridgehead atoms. The maximum Gasteiger partial charge on any atom is 0.0594 e. The van der Waals surface area contributed by atoms with Gasteiger partial charge in [-0.2, -0.15) is 0 Å². The van der Waals surface area contributed by atoms with Gasteiger partial charge in [-0.25, -0.2) is 0 Å². The van der Waals surface area contributed by atoms with Crippen molar-refractivity contribution in [3.8, 4) is 0 Å². The molecule has 3 rings (SSSR count). The predicted molar refractivity (Wildman–Crippen MR) is 122 cm³/mol. The van der Waals surface area contributed by atoms with Crippen molar-refractivity contribution < 1.29 is 14.6 Å². The van der Waals surface area contributed by atoms with E-state index >= 15 is 0 Å². The number of aliphatic hydroxyl groups is 1. The van der Waals surface area contributed by atoms with Gasteiger partial charge in [0.1, 0.15) is 0 Å². The molecule has 1 aliphatic carbocycles. The SMILES string of the molecule is CCCC1CCOCC1.CNCC1CCC(O)CC1.CNCCN1CCOCC1. The zero-order valence-corrected chi connectivity index (χ0v) is 19.5. The lowest BCUT2D eigenvalue weighted by atomic mass is 9.87. The minimum atomic E-state index is -0.00638. The Bertz CT molecular complexity index is 334. The average molecular weight is 416 g/mol. The van der Waals surface area contributed by atoms with Crippen molar-refractivity contribution in [3.63, 3.8) is 0 Å². The standard InChI is InChI=1S/C8H17NO.C8H16O.C7H16N2O/c1-9-6-7-2-4-8(10)5-3-7;1-2-3-8-4-6-9-7-5-8;1-8-2-3-9-4-6-10-7-5-9/h7-10H,2-6H2,1H3;8H,2-7H2,1H3;8H,2-7H2,1H3. The summed E-state index contributed by atoms with van der Waals surface area (Å²) in [7, 11) is 3.98. The highest BCUT2D eigenvalue weighted by atomic mass is 16.5. The molecule has 3 fully saturated rings. The van der Waals surface area contributed by atoms with Crippen LogP contribution in [0.4, 0.5) is 0 Å². The van der Waals surface area contributed by atoms with Crippen LogP contribution in [0.3, 0.4) is 0 Å². The van der Waals surface area contributed by atoms with E-state index in [4.69, 9.17) is 9.47 Å². The molecule has 2 heterocycles. The van der Waals surface area contributed by atoms with Crippen LogP contribution < -0.4 is 10.6 Å². The monoisotopic (exact) mass is 415 g/mol. The first kappa shape index (κ1) is 26.8. The summed E-state index contributed by atoms with van der Waals surface area (Å²) in [5, 5.41) is 15.5. The van der Waals surface area contributed by atoms with Crippen LogP contribution in [0.15, 0.2) is 0 Å². The zero-order chi connectivity index (χ0) is 21.2. The Balaban J connectivity index is 0.000000218. The van der Waals surface area contributed by atoms with Gasteiger partial charge in [-0.15, -0.1) is 0 Å². The first-order valence-electron chi connectivity index (χ1n) is 12.0. The summed E-state index contributed by atoms with van der Waals surface area (Å²) in [5.74, 6) is 1.79. The molecule has 0 unspecified atom stereocenters. The minimum absolute atomic E-state index is 0.00638. The number of hydrogen-bond acceptors (Lipinski definition) is 6. The second kappa shape index (κ2) is 18.5. The molecule has 0 radical (unpaired) electrons. The number of ether oxygens (including phenoxy) is 2. The van der Waals surface area contributed by atoms with E-state index in [-0.39, 0.29) is 6.10 Å². The highest BCUT2D eigenvalue weighted by Gasteiger charge is 2.18. The molecule has 174 valence electrons. The van der Waals surface area contributed by atoms with Crippen molar-refractivity contribution in [1.29, 1.82) is 0 Å². The van der Waals surface area contributed by atoms with Gasteiger partial charge in [0.25, 0.3) is 0 Å². The highest BCUT2D eigenvalue weighted by molar-refractivity contribution is 4.72. The molecule has 1 saturated carbocycles. The Morgan fingerprint density at radius 3 is 2.00 bits per heavy atom. The van der Waals surface area contributed by atoms with Crippen molar-refractivity contribution in [2.45, 2.75) is 64.4 Å². The van der Waals surface area contributed by atoms with Gasteiger partial charge in [0, 0.05) is 39.4 Å². The van der Waals surface area contributed by atoms with Crippen molar-refractivity contribution in [1.82, 2.24) is 15.5 Å². The highest BCUT2D eigenvalue weighted by Crippen LogP contribution is 2.23. The summed E-state index contributed by atoms with van der Waals surface area (Å²) in [6, 6.07) is 0. The Morgan fingerprint density at radius 2 is 1.45 bits per heavy atom. The summed E-state index contributed by atoms with van der Waals surface area (Å²) < 4.78 is 10.5. The van der Waals surface area contributed by atoms with E-state index in [1.165, 1.54) is 38.5 Å². The van der Waals surface area contributed by atoms with Crippen LogP contribution in [0, 0.1) is 11.8 Å². The molecule has 6 nitrogen and oxygen atoms in total. The van der Waals surface area contributed by atoms with Gasteiger partial charge < -0.3 is 25.2 Å². The van der Waals surface area contributed by atoms with E-state index in [0.717, 1.165) is 83.8 Å². The lowest BCUT2D eigenvalue weighted by Crippen LogP contribution is -2.39. The van der Waals surface area contributed by atoms with Crippen molar-refractivity contribution in [2.75, 3.05) is 73.2 Å². The molecular formula is C23H49N3O3. The van der Waals surface area contributed by atoms with Gasteiger partial charge in [-0.3, -0.25) is 4.90 Å². The topological polar surface area (TPSA) is 66.0 Å².